The van der Waals surface area contributed by atoms with Crippen molar-refractivity contribution in [1.29, 1.82) is 0 Å². The summed E-state index contributed by atoms with van der Waals surface area (Å²) < 4.78 is 39.7. The number of hydrogen-bond donors (Lipinski definition) is 1. The second-order valence-electron chi connectivity index (χ2n) is 13.1. The molecule has 5 atom stereocenters. The van der Waals surface area contributed by atoms with Gasteiger partial charge in [-0.2, -0.15) is 0 Å². The maximum atomic E-state index is 14.4. The van der Waals surface area contributed by atoms with Gasteiger partial charge in [0.1, 0.15) is 23.8 Å². The van der Waals surface area contributed by atoms with Crippen LogP contribution in [0.1, 0.15) is 69.4 Å². The second kappa shape index (κ2) is 13.8. The molecule has 1 saturated carbocycles. The highest BCUT2D eigenvalue weighted by Gasteiger charge is 2.61. The van der Waals surface area contributed by atoms with E-state index in [2.05, 4.69) is 11.4 Å². The average Bonchev–Trinajstić information content (AvgIpc) is 3.34. The molecule has 0 aromatic heterocycles. The number of carbonyl (C=O) groups excluding carboxylic acids is 4. The molecule has 2 aromatic rings. The van der Waals surface area contributed by atoms with Gasteiger partial charge in [-0.05, 0) is 68.4 Å². The predicted octanol–water partition coefficient (Wildman–Crippen LogP) is 5.92. The molecule has 0 spiro atoms. The summed E-state index contributed by atoms with van der Waals surface area (Å²) in [6.45, 7) is 2.16. The Kier molecular flexibility index (Phi) is 9.61. The third-order valence-electron chi connectivity index (χ3n) is 9.87. The van der Waals surface area contributed by atoms with Gasteiger partial charge in [-0.1, -0.05) is 43.2 Å². The van der Waals surface area contributed by atoms with Crippen LogP contribution >= 0.6 is 0 Å². The van der Waals surface area contributed by atoms with Gasteiger partial charge in [0.2, 0.25) is 5.91 Å². The molecular formula is C36H41F2N3O6. The van der Waals surface area contributed by atoms with Crippen molar-refractivity contribution in [1.82, 2.24) is 9.80 Å². The molecule has 2 aromatic carbocycles. The first-order valence-corrected chi connectivity index (χ1v) is 16.6. The van der Waals surface area contributed by atoms with Gasteiger partial charge in [0.05, 0.1) is 31.2 Å². The maximum absolute atomic E-state index is 14.4. The minimum atomic E-state index is -0.988. The van der Waals surface area contributed by atoms with Crippen molar-refractivity contribution in [3.05, 3.63) is 77.4 Å². The molecular weight excluding hydrogens is 608 g/mol. The normalized spacial score (nSPS) is 28.3. The Morgan fingerprint density at radius 2 is 1.89 bits per heavy atom. The number of Topliss-reactive ketones (excluding diaryl/α,β-unsaturated/α-hetero) is 1. The van der Waals surface area contributed by atoms with Crippen LogP contribution in [0.2, 0.25) is 0 Å². The zero-order valence-corrected chi connectivity index (χ0v) is 26.6. The van der Waals surface area contributed by atoms with E-state index in [1.165, 1.54) is 28.0 Å². The molecule has 1 aliphatic carbocycles. The largest absolute Gasteiger partial charge is 0.466 e. The summed E-state index contributed by atoms with van der Waals surface area (Å²) in [5.41, 5.74) is 0.599. The molecule has 3 aliphatic heterocycles. The van der Waals surface area contributed by atoms with Gasteiger partial charge in [-0.25, -0.2) is 13.6 Å². The first-order valence-electron chi connectivity index (χ1n) is 16.6. The molecule has 3 heterocycles. The first-order chi connectivity index (χ1) is 22.7. The third-order valence-corrected chi connectivity index (χ3v) is 9.87. The summed E-state index contributed by atoms with van der Waals surface area (Å²) in [6, 6.07) is 8.90. The van der Waals surface area contributed by atoms with E-state index in [0.29, 0.717) is 29.7 Å². The lowest BCUT2D eigenvalue weighted by molar-refractivity contribution is -0.152. The van der Waals surface area contributed by atoms with Gasteiger partial charge in [0, 0.05) is 30.6 Å². The third kappa shape index (κ3) is 7.04. The average molecular weight is 650 g/mol. The van der Waals surface area contributed by atoms with Crippen LogP contribution in [-0.2, 0) is 36.9 Å². The summed E-state index contributed by atoms with van der Waals surface area (Å²) >= 11 is 0. The number of nitrogens with one attached hydrogen (secondary N) is 1. The van der Waals surface area contributed by atoms with Gasteiger partial charge in [0.25, 0.3) is 0 Å². The number of halogens is 2. The number of allylic oxidation sites excluding steroid dienone is 2. The molecule has 2 fully saturated rings. The van der Waals surface area contributed by atoms with Crippen LogP contribution in [0.15, 0.2) is 54.6 Å². The molecule has 6 rings (SSSR count). The number of rotatable bonds is 5. The lowest BCUT2D eigenvalue weighted by Gasteiger charge is -2.30. The summed E-state index contributed by atoms with van der Waals surface area (Å²) in [5.74, 6) is -2.03. The minimum absolute atomic E-state index is 0.0206. The zero-order chi connectivity index (χ0) is 33.1. The molecule has 4 aliphatic rings. The highest BCUT2D eigenvalue weighted by molar-refractivity contribution is 5.96. The molecule has 250 valence electrons. The Balaban J connectivity index is 1.25. The fraction of sp³-hybridized carbons (Fsp3) is 0.500. The van der Waals surface area contributed by atoms with Gasteiger partial charge in [0.15, 0.2) is 5.78 Å². The lowest BCUT2D eigenvalue weighted by Crippen LogP contribution is -2.48. The van der Waals surface area contributed by atoms with E-state index in [9.17, 15) is 28.0 Å². The monoisotopic (exact) mass is 649 g/mol. The predicted molar refractivity (Wildman–Crippen MR) is 169 cm³/mol. The van der Waals surface area contributed by atoms with Crippen LogP contribution in [0, 0.1) is 23.0 Å². The molecule has 0 unspecified atom stereocenters. The number of ether oxygens (including phenoxy) is 2. The van der Waals surface area contributed by atoms with E-state index in [0.717, 1.165) is 25.7 Å². The maximum Gasteiger partial charge on any atom is 0.410 e. The molecule has 2 amide bonds. The molecule has 0 bridgehead atoms. The minimum Gasteiger partial charge on any atom is -0.466 e. The molecule has 9 nitrogen and oxygen atoms in total. The Hall–Kier alpha value is -4.28. The number of anilines is 1. The second-order valence-corrected chi connectivity index (χ2v) is 13.1. The van der Waals surface area contributed by atoms with E-state index < -0.39 is 41.5 Å². The van der Waals surface area contributed by atoms with Crippen molar-refractivity contribution in [2.24, 2.45) is 11.3 Å². The zero-order valence-electron chi connectivity index (χ0n) is 26.6. The topological polar surface area (TPSA) is 105 Å². The Morgan fingerprint density at radius 3 is 2.68 bits per heavy atom. The van der Waals surface area contributed by atoms with Crippen LogP contribution in [0.3, 0.4) is 0 Å². The fourth-order valence-electron chi connectivity index (χ4n) is 7.24. The van der Waals surface area contributed by atoms with Gasteiger partial charge in [-0.15, -0.1) is 0 Å². The van der Waals surface area contributed by atoms with Crippen molar-refractivity contribution in [3.8, 4) is 0 Å². The Bertz CT molecular complexity index is 1560. The number of fused-ring (bicyclic) bond motifs is 3. The van der Waals surface area contributed by atoms with Crippen molar-refractivity contribution < 1.29 is 37.4 Å². The van der Waals surface area contributed by atoms with Crippen LogP contribution in [-0.4, -0.2) is 64.9 Å². The van der Waals surface area contributed by atoms with Crippen LogP contribution in [0.25, 0.3) is 0 Å². The van der Waals surface area contributed by atoms with E-state index in [-0.39, 0.29) is 62.5 Å². The molecule has 1 saturated heterocycles. The molecule has 1 N–H and O–H groups in total. The number of nitrogens with zero attached hydrogens (tertiary/aromatic N) is 2. The van der Waals surface area contributed by atoms with Crippen LogP contribution in [0.5, 0.6) is 0 Å². The first kappa shape index (κ1) is 32.7. The number of carbonyl (C=O) groups is 4. The summed E-state index contributed by atoms with van der Waals surface area (Å²) in [4.78, 5) is 57.8. The van der Waals surface area contributed by atoms with E-state index >= 15 is 0 Å². The highest BCUT2D eigenvalue weighted by atomic mass is 19.1. The van der Waals surface area contributed by atoms with Crippen molar-refractivity contribution in [2.75, 3.05) is 18.5 Å². The number of ketones is 1. The lowest BCUT2D eigenvalue weighted by atomic mass is 9.91. The van der Waals surface area contributed by atoms with Gasteiger partial charge < -0.3 is 19.7 Å². The van der Waals surface area contributed by atoms with E-state index in [4.69, 9.17) is 9.47 Å². The summed E-state index contributed by atoms with van der Waals surface area (Å²) in [7, 11) is 0. The molecule has 47 heavy (non-hydrogen) atoms. The fourth-order valence-corrected chi connectivity index (χ4v) is 7.24. The molecule has 11 heteroatoms. The number of hydrogen-bond acceptors (Lipinski definition) is 7. The number of amides is 2. The summed E-state index contributed by atoms with van der Waals surface area (Å²) in [5, 5.41) is 3.18. The van der Waals surface area contributed by atoms with E-state index in [1.54, 1.807) is 31.2 Å². The number of esters is 1. The van der Waals surface area contributed by atoms with Crippen molar-refractivity contribution in [2.45, 2.75) is 89.6 Å². The van der Waals surface area contributed by atoms with Gasteiger partial charge >= 0.3 is 12.1 Å². The van der Waals surface area contributed by atoms with Crippen LogP contribution in [0.4, 0.5) is 19.3 Å². The highest BCUT2D eigenvalue weighted by Crippen LogP contribution is 2.57. The van der Waals surface area contributed by atoms with Crippen molar-refractivity contribution in [3.63, 3.8) is 0 Å². The Morgan fingerprint density at radius 1 is 1.06 bits per heavy atom. The van der Waals surface area contributed by atoms with Crippen LogP contribution < -0.4 is 5.32 Å². The summed E-state index contributed by atoms with van der Waals surface area (Å²) in [6.07, 6.45) is 6.82. The molecule has 0 radical (unpaired) electrons. The van der Waals surface area contributed by atoms with E-state index in [1.807, 2.05) is 6.08 Å². The quantitative estimate of drug-likeness (QED) is 0.317. The van der Waals surface area contributed by atoms with Gasteiger partial charge in [-0.3, -0.25) is 19.3 Å². The SMILES string of the molecule is CCOC(=O)[C@]12CC(=O)[C@@H]3C[C@@H](OC(=O)N4Cc5cccc(F)c5C4)CN3C(=O)[C@@H](Nc3cccc(F)c3)CCCCC/C=C\[C@@H]1C2. The number of benzene rings is 2. The van der Waals surface area contributed by atoms with Crippen molar-refractivity contribution >= 4 is 29.4 Å². The Labute approximate surface area is 273 Å². The smallest absolute Gasteiger partial charge is 0.410 e. The standard InChI is InChI=1S/C36H41F2N3O6/c1-2-46-34(44)36-18-24(36)11-6-4-3-5-7-15-30(39-26-13-9-12-25(37)16-26)33(43)41-21-27(17-31(41)32(42)19-36)47-35(45)40-20-23-10-8-14-29(38)28(23)22-40/h6,8-14,16,24,27,30-31,39H,2-5,7,15,17-22H2,1H3/b11-6-/t24-,27-,30+,31+,36-/m1/s1.